The summed E-state index contributed by atoms with van der Waals surface area (Å²) >= 11 is 1.55. The van der Waals surface area contributed by atoms with E-state index in [1.54, 1.807) is 17.8 Å². The lowest BCUT2D eigenvalue weighted by molar-refractivity contribution is -0.139. The van der Waals surface area contributed by atoms with E-state index >= 15 is 0 Å². The van der Waals surface area contributed by atoms with Crippen LogP contribution in [0.1, 0.15) is 33.5 Å². The summed E-state index contributed by atoms with van der Waals surface area (Å²) in [6.07, 6.45) is 2.28. The molecule has 1 amide bonds. The van der Waals surface area contributed by atoms with E-state index in [0.717, 1.165) is 27.8 Å². The van der Waals surface area contributed by atoms with Gasteiger partial charge in [-0.15, -0.1) is 0 Å². The summed E-state index contributed by atoms with van der Waals surface area (Å²) in [5, 5.41) is 14.7. The molecule has 1 unspecified atom stereocenters. The van der Waals surface area contributed by atoms with Crippen molar-refractivity contribution in [2.45, 2.75) is 32.6 Å². The SMILES string of the molecule is CSCCC(NC(=O)c1ccc(COCc2ccc3ccccc3c2)cc1-c1ccccc1C)C(=O)O. The molecule has 0 saturated carbocycles. The van der Waals surface area contributed by atoms with Crippen molar-refractivity contribution in [1.29, 1.82) is 0 Å². The van der Waals surface area contributed by atoms with Crippen molar-refractivity contribution < 1.29 is 19.4 Å². The zero-order valence-corrected chi connectivity index (χ0v) is 21.9. The van der Waals surface area contributed by atoms with Crippen molar-refractivity contribution >= 4 is 34.4 Å². The number of carboxylic acid groups (broad SMARTS) is 1. The topological polar surface area (TPSA) is 75.6 Å². The smallest absolute Gasteiger partial charge is 0.326 e. The Morgan fingerprint density at radius 1 is 0.865 bits per heavy atom. The van der Waals surface area contributed by atoms with Crippen LogP contribution in [-0.2, 0) is 22.7 Å². The standard InChI is InChI=1S/C31H31NO4S/c1-21-7-3-6-10-26(21)28-18-23(12-14-27(28)30(33)32-29(31(34)35)15-16-37-2)20-36-19-22-11-13-24-8-4-5-9-25(24)17-22/h3-14,17-18,29H,15-16,19-20H2,1-2H3,(H,32,33)(H,34,35). The van der Waals surface area contributed by atoms with Gasteiger partial charge in [0.15, 0.2) is 0 Å². The van der Waals surface area contributed by atoms with Crippen molar-refractivity contribution in [3.63, 3.8) is 0 Å². The van der Waals surface area contributed by atoms with Gasteiger partial charge in [0.1, 0.15) is 6.04 Å². The van der Waals surface area contributed by atoms with E-state index in [1.165, 1.54) is 10.8 Å². The minimum atomic E-state index is -1.03. The molecule has 0 aliphatic carbocycles. The average molecular weight is 514 g/mol. The summed E-state index contributed by atoms with van der Waals surface area (Å²) in [4.78, 5) is 24.9. The normalized spacial score (nSPS) is 11.8. The number of carbonyl (C=O) groups excluding carboxylic acids is 1. The lowest BCUT2D eigenvalue weighted by Crippen LogP contribution is -2.41. The van der Waals surface area contributed by atoms with Crippen LogP contribution in [0.3, 0.4) is 0 Å². The number of rotatable bonds is 11. The first kappa shape index (κ1) is 26.5. The van der Waals surface area contributed by atoms with Crippen LogP contribution in [0, 0.1) is 6.92 Å². The maximum absolute atomic E-state index is 13.2. The van der Waals surface area contributed by atoms with Crippen LogP contribution in [0.15, 0.2) is 84.9 Å². The third-order valence-electron chi connectivity index (χ3n) is 6.33. The van der Waals surface area contributed by atoms with Crippen LogP contribution >= 0.6 is 11.8 Å². The van der Waals surface area contributed by atoms with E-state index in [9.17, 15) is 14.7 Å². The van der Waals surface area contributed by atoms with E-state index in [2.05, 4.69) is 35.6 Å². The zero-order chi connectivity index (χ0) is 26.2. The van der Waals surface area contributed by atoms with Gasteiger partial charge in [-0.25, -0.2) is 4.79 Å². The summed E-state index contributed by atoms with van der Waals surface area (Å²) < 4.78 is 6.04. The molecule has 2 N–H and O–H groups in total. The number of carbonyl (C=O) groups is 2. The zero-order valence-electron chi connectivity index (χ0n) is 21.1. The molecule has 0 saturated heterocycles. The molecule has 0 aliphatic rings. The predicted octanol–water partition coefficient (Wildman–Crippen LogP) is 6.47. The highest BCUT2D eigenvalue weighted by Crippen LogP contribution is 2.29. The molecular formula is C31H31NO4S. The summed E-state index contributed by atoms with van der Waals surface area (Å²) in [5.74, 6) is -0.774. The van der Waals surface area contributed by atoms with Crippen LogP contribution in [0.4, 0.5) is 0 Å². The minimum Gasteiger partial charge on any atom is -0.480 e. The summed E-state index contributed by atoms with van der Waals surface area (Å²) in [7, 11) is 0. The van der Waals surface area contributed by atoms with Crippen LogP contribution < -0.4 is 5.32 Å². The molecule has 190 valence electrons. The molecule has 0 fully saturated rings. The lowest BCUT2D eigenvalue weighted by atomic mass is 9.93. The van der Waals surface area contributed by atoms with Crippen molar-refractivity contribution in [3.05, 3.63) is 107 Å². The third-order valence-corrected chi connectivity index (χ3v) is 6.97. The van der Waals surface area contributed by atoms with Crippen LogP contribution in [0.2, 0.25) is 0 Å². The highest BCUT2D eigenvalue weighted by Gasteiger charge is 2.22. The Labute approximate surface area is 221 Å². The minimum absolute atomic E-state index is 0.364. The van der Waals surface area contributed by atoms with Gasteiger partial charge >= 0.3 is 5.97 Å². The van der Waals surface area contributed by atoms with Gasteiger partial charge in [-0.1, -0.05) is 66.7 Å². The second-order valence-corrected chi connectivity index (χ2v) is 10.0. The molecular weight excluding hydrogens is 482 g/mol. The lowest BCUT2D eigenvalue weighted by Gasteiger charge is -2.18. The molecule has 4 aromatic rings. The van der Waals surface area contributed by atoms with Gasteiger partial charge in [-0.3, -0.25) is 4.79 Å². The van der Waals surface area contributed by atoms with E-state index in [0.29, 0.717) is 31.0 Å². The fraction of sp³-hybridized carbons (Fsp3) is 0.226. The van der Waals surface area contributed by atoms with Crippen LogP contribution in [0.5, 0.6) is 0 Å². The van der Waals surface area contributed by atoms with Gasteiger partial charge in [-0.05, 0) is 82.1 Å². The van der Waals surface area contributed by atoms with E-state index in [1.807, 2.05) is 61.7 Å². The maximum Gasteiger partial charge on any atom is 0.326 e. The number of fused-ring (bicyclic) bond motifs is 1. The average Bonchev–Trinajstić information content (AvgIpc) is 2.91. The highest BCUT2D eigenvalue weighted by molar-refractivity contribution is 7.98. The molecule has 0 bridgehead atoms. The number of aliphatic carboxylic acids is 1. The fourth-order valence-electron chi connectivity index (χ4n) is 4.32. The van der Waals surface area contributed by atoms with Crippen LogP contribution in [0.25, 0.3) is 21.9 Å². The first-order chi connectivity index (χ1) is 18.0. The number of thioether (sulfide) groups is 1. The van der Waals surface area contributed by atoms with Gasteiger partial charge < -0.3 is 15.2 Å². The number of benzene rings is 4. The van der Waals surface area contributed by atoms with E-state index in [4.69, 9.17) is 4.74 Å². The van der Waals surface area contributed by atoms with Crippen molar-refractivity contribution in [1.82, 2.24) is 5.32 Å². The molecule has 0 spiro atoms. The Bertz CT molecular complexity index is 1400. The Balaban J connectivity index is 1.55. The first-order valence-corrected chi connectivity index (χ1v) is 13.6. The number of ether oxygens (including phenoxy) is 1. The number of hydrogen-bond donors (Lipinski definition) is 2. The first-order valence-electron chi connectivity index (χ1n) is 12.2. The number of nitrogens with one attached hydrogen (secondary N) is 1. The Kier molecular flexibility index (Phi) is 8.99. The van der Waals surface area contributed by atoms with Crippen molar-refractivity contribution in [2.75, 3.05) is 12.0 Å². The molecule has 37 heavy (non-hydrogen) atoms. The Morgan fingerprint density at radius 3 is 2.27 bits per heavy atom. The fourth-order valence-corrected chi connectivity index (χ4v) is 4.79. The second kappa shape index (κ2) is 12.6. The quantitative estimate of drug-likeness (QED) is 0.240. The molecule has 0 heterocycles. The largest absolute Gasteiger partial charge is 0.480 e. The molecule has 0 aliphatic heterocycles. The molecule has 4 aromatic carbocycles. The highest BCUT2D eigenvalue weighted by atomic mass is 32.2. The Morgan fingerprint density at radius 2 is 1.54 bits per heavy atom. The van der Waals surface area contributed by atoms with Gasteiger partial charge in [0.25, 0.3) is 5.91 Å². The van der Waals surface area contributed by atoms with Gasteiger partial charge in [-0.2, -0.15) is 11.8 Å². The van der Waals surface area contributed by atoms with Crippen molar-refractivity contribution in [2.24, 2.45) is 0 Å². The third kappa shape index (κ3) is 6.79. The van der Waals surface area contributed by atoms with Gasteiger partial charge in [0.2, 0.25) is 0 Å². The molecule has 1 atom stereocenters. The Hall–Kier alpha value is -3.61. The number of aryl methyl sites for hydroxylation is 1. The summed E-state index contributed by atoms with van der Waals surface area (Å²) in [6, 6.07) is 27.1. The monoisotopic (exact) mass is 513 g/mol. The van der Waals surface area contributed by atoms with E-state index in [-0.39, 0.29) is 0 Å². The summed E-state index contributed by atoms with van der Waals surface area (Å²) in [5.41, 5.74) is 5.20. The van der Waals surface area contributed by atoms with Crippen LogP contribution in [-0.4, -0.2) is 35.0 Å². The maximum atomic E-state index is 13.2. The number of hydrogen-bond acceptors (Lipinski definition) is 4. The predicted molar refractivity (Wildman–Crippen MR) is 151 cm³/mol. The van der Waals surface area contributed by atoms with Crippen molar-refractivity contribution in [3.8, 4) is 11.1 Å². The second-order valence-electron chi connectivity index (χ2n) is 9.01. The molecule has 5 nitrogen and oxygen atoms in total. The summed E-state index contributed by atoms with van der Waals surface area (Å²) in [6.45, 7) is 2.86. The van der Waals surface area contributed by atoms with Gasteiger partial charge in [0.05, 0.1) is 13.2 Å². The molecule has 0 aromatic heterocycles. The molecule has 6 heteroatoms. The van der Waals surface area contributed by atoms with E-state index < -0.39 is 17.9 Å². The molecule has 0 radical (unpaired) electrons. The van der Waals surface area contributed by atoms with Gasteiger partial charge in [0, 0.05) is 5.56 Å². The number of carboxylic acids is 1. The number of amides is 1. The molecule has 4 rings (SSSR count).